The predicted molar refractivity (Wildman–Crippen MR) is 47.0 cm³/mol. The van der Waals surface area contributed by atoms with E-state index in [9.17, 15) is 0 Å². The Kier molecular flexibility index (Phi) is 2.71. The lowest BCUT2D eigenvalue weighted by atomic mass is 10.1. The van der Waals surface area contributed by atoms with E-state index in [2.05, 4.69) is 6.07 Å². The first-order chi connectivity index (χ1) is 5.79. The second kappa shape index (κ2) is 3.77. The van der Waals surface area contributed by atoms with Crippen molar-refractivity contribution in [3.63, 3.8) is 0 Å². The van der Waals surface area contributed by atoms with Gasteiger partial charge in [0, 0.05) is 5.56 Å². The summed E-state index contributed by atoms with van der Waals surface area (Å²) in [5.41, 5.74) is 2.10. The molecule has 1 aromatic rings. The average molecular weight is 161 g/mol. The third-order valence-electron chi connectivity index (χ3n) is 1.84. The summed E-state index contributed by atoms with van der Waals surface area (Å²) in [6.45, 7) is 1.98. The Balaban J connectivity index is 3.12. The molecule has 0 saturated carbocycles. The minimum absolute atomic E-state index is 0.413. The summed E-state index contributed by atoms with van der Waals surface area (Å²) >= 11 is 0. The van der Waals surface area contributed by atoms with Crippen LogP contribution in [0, 0.1) is 18.3 Å². The molecule has 0 unspecified atom stereocenters. The van der Waals surface area contributed by atoms with E-state index in [1.807, 2.05) is 25.1 Å². The largest absolute Gasteiger partial charge is 0.496 e. The monoisotopic (exact) mass is 161 g/mol. The van der Waals surface area contributed by atoms with E-state index in [-0.39, 0.29) is 0 Å². The van der Waals surface area contributed by atoms with Crippen molar-refractivity contribution in [2.45, 2.75) is 13.3 Å². The summed E-state index contributed by atoms with van der Waals surface area (Å²) in [5, 5.41) is 8.56. The highest BCUT2D eigenvalue weighted by atomic mass is 16.5. The Morgan fingerprint density at radius 3 is 2.83 bits per heavy atom. The molecule has 0 amide bonds. The maximum absolute atomic E-state index is 8.56. The molecule has 0 N–H and O–H groups in total. The minimum Gasteiger partial charge on any atom is -0.496 e. The van der Waals surface area contributed by atoms with Crippen LogP contribution in [-0.4, -0.2) is 7.11 Å². The maximum Gasteiger partial charge on any atom is 0.123 e. The maximum atomic E-state index is 8.56. The van der Waals surface area contributed by atoms with Gasteiger partial charge in [-0.3, -0.25) is 0 Å². The topological polar surface area (TPSA) is 33.0 Å². The summed E-state index contributed by atoms with van der Waals surface area (Å²) in [6.07, 6.45) is 0.413. The molecule has 1 rings (SSSR count). The number of benzene rings is 1. The Labute approximate surface area is 72.4 Å². The lowest BCUT2D eigenvalue weighted by molar-refractivity contribution is 0.410. The number of rotatable bonds is 2. The molecule has 12 heavy (non-hydrogen) atoms. The van der Waals surface area contributed by atoms with Crippen molar-refractivity contribution >= 4 is 0 Å². The number of hydrogen-bond donors (Lipinski definition) is 0. The number of hydrogen-bond acceptors (Lipinski definition) is 2. The van der Waals surface area contributed by atoms with E-state index in [4.69, 9.17) is 10.00 Å². The number of ether oxygens (including phenoxy) is 1. The molecule has 0 saturated heterocycles. The van der Waals surface area contributed by atoms with Gasteiger partial charge in [-0.2, -0.15) is 5.26 Å². The standard InChI is InChI=1S/C10H11NO/c1-8-4-3-5-10(12-2)9(8)6-7-11/h3-5H,6H2,1-2H3. The number of methoxy groups -OCH3 is 1. The van der Waals surface area contributed by atoms with Crippen LogP contribution >= 0.6 is 0 Å². The van der Waals surface area contributed by atoms with Crippen LogP contribution in [0.15, 0.2) is 18.2 Å². The van der Waals surface area contributed by atoms with Gasteiger partial charge in [0.05, 0.1) is 19.6 Å². The first kappa shape index (κ1) is 8.61. The Bertz CT molecular complexity index is 312. The summed E-state index contributed by atoms with van der Waals surface area (Å²) in [7, 11) is 1.62. The summed E-state index contributed by atoms with van der Waals surface area (Å²) in [6, 6.07) is 7.90. The Morgan fingerprint density at radius 2 is 2.25 bits per heavy atom. The molecular formula is C10H11NO. The van der Waals surface area contributed by atoms with Crippen LogP contribution in [-0.2, 0) is 6.42 Å². The molecule has 2 nitrogen and oxygen atoms in total. The van der Waals surface area contributed by atoms with Gasteiger partial charge in [0.25, 0.3) is 0 Å². The van der Waals surface area contributed by atoms with Gasteiger partial charge in [0.1, 0.15) is 5.75 Å². The summed E-state index contributed by atoms with van der Waals surface area (Å²) in [4.78, 5) is 0. The Morgan fingerprint density at radius 1 is 1.50 bits per heavy atom. The van der Waals surface area contributed by atoms with Crippen LogP contribution in [0.2, 0.25) is 0 Å². The van der Waals surface area contributed by atoms with E-state index in [0.717, 1.165) is 16.9 Å². The number of nitrogens with zero attached hydrogens (tertiary/aromatic N) is 1. The van der Waals surface area contributed by atoms with E-state index >= 15 is 0 Å². The van der Waals surface area contributed by atoms with Gasteiger partial charge in [-0.15, -0.1) is 0 Å². The van der Waals surface area contributed by atoms with E-state index in [0.29, 0.717) is 6.42 Å². The van der Waals surface area contributed by atoms with E-state index in [1.165, 1.54) is 0 Å². The van der Waals surface area contributed by atoms with Crippen LogP contribution in [0.5, 0.6) is 5.75 Å². The predicted octanol–water partition coefficient (Wildman–Crippen LogP) is 2.07. The first-order valence-corrected chi connectivity index (χ1v) is 3.79. The molecule has 0 aliphatic heterocycles. The van der Waals surface area contributed by atoms with Gasteiger partial charge < -0.3 is 4.74 Å². The fraction of sp³-hybridized carbons (Fsp3) is 0.300. The Hall–Kier alpha value is -1.49. The molecule has 0 radical (unpaired) electrons. The SMILES string of the molecule is COc1cccc(C)c1CC#N. The third-order valence-corrected chi connectivity index (χ3v) is 1.84. The van der Waals surface area contributed by atoms with E-state index < -0.39 is 0 Å². The van der Waals surface area contributed by atoms with Gasteiger partial charge >= 0.3 is 0 Å². The van der Waals surface area contributed by atoms with Gasteiger partial charge in [0.2, 0.25) is 0 Å². The zero-order chi connectivity index (χ0) is 8.97. The van der Waals surface area contributed by atoms with Crippen LogP contribution in [0.1, 0.15) is 11.1 Å². The number of aryl methyl sites for hydroxylation is 1. The molecule has 0 aromatic heterocycles. The quantitative estimate of drug-likeness (QED) is 0.665. The second-order valence-corrected chi connectivity index (χ2v) is 2.59. The molecule has 1 aromatic carbocycles. The van der Waals surface area contributed by atoms with E-state index in [1.54, 1.807) is 7.11 Å². The molecule has 0 aliphatic carbocycles. The molecule has 0 heterocycles. The van der Waals surface area contributed by atoms with Crippen molar-refractivity contribution in [3.8, 4) is 11.8 Å². The van der Waals surface area contributed by atoms with Crippen molar-refractivity contribution < 1.29 is 4.74 Å². The van der Waals surface area contributed by atoms with Crippen LogP contribution < -0.4 is 4.74 Å². The smallest absolute Gasteiger partial charge is 0.123 e. The number of nitriles is 1. The van der Waals surface area contributed by atoms with Crippen LogP contribution in [0.25, 0.3) is 0 Å². The normalized spacial score (nSPS) is 9.08. The zero-order valence-corrected chi connectivity index (χ0v) is 7.29. The van der Waals surface area contributed by atoms with Crippen molar-refractivity contribution in [1.82, 2.24) is 0 Å². The minimum atomic E-state index is 0.413. The second-order valence-electron chi connectivity index (χ2n) is 2.59. The lowest BCUT2D eigenvalue weighted by Gasteiger charge is -2.07. The molecule has 2 heteroatoms. The highest BCUT2D eigenvalue weighted by Gasteiger charge is 2.03. The summed E-state index contributed by atoms with van der Waals surface area (Å²) < 4.78 is 5.13. The molecule has 62 valence electrons. The third kappa shape index (κ3) is 1.57. The molecule has 0 bridgehead atoms. The average Bonchev–Trinajstić information content (AvgIpc) is 2.09. The molecule has 0 aliphatic rings. The van der Waals surface area contributed by atoms with Gasteiger partial charge in [-0.25, -0.2) is 0 Å². The van der Waals surface area contributed by atoms with Gasteiger partial charge in [-0.05, 0) is 18.6 Å². The van der Waals surface area contributed by atoms with Crippen LogP contribution in [0.4, 0.5) is 0 Å². The first-order valence-electron chi connectivity index (χ1n) is 3.79. The highest BCUT2D eigenvalue weighted by Crippen LogP contribution is 2.21. The fourth-order valence-corrected chi connectivity index (χ4v) is 1.17. The van der Waals surface area contributed by atoms with Crippen LogP contribution in [0.3, 0.4) is 0 Å². The fourth-order valence-electron chi connectivity index (χ4n) is 1.17. The molecule has 0 spiro atoms. The zero-order valence-electron chi connectivity index (χ0n) is 7.29. The van der Waals surface area contributed by atoms with Crippen molar-refractivity contribution in [3.05, 3.63) is 29.3 Å². The molecule has 0 fully saturated rings. The van der Waals surface area contributed by atoms with Gasteiger partial charge in [0.15, 0.2) is 0 Å². The highest BCUT2D eigenvalue weighted by molar-refractivity contribution is 5.41. The summed E-state index contributed by atoms with van der Waals surface area (Å²) in [5.74, 6) is 0.802. The van der Waals surface area contributed by atoms with Crippen molar-refractivity contribution in [2.24, 2.45) is 0 Å². The van der Waals surface area contributed by atoms with Crippen molar-refractivity contribution in [2.75, 3.05) is 7.11 Å². The van der Waals surface area contributed by atoms with Gasteiger partial charge in [-0.1, -0.05) is 12.1 Å². The van der Waals surface area contributed by atoms with Crippen molar-refractivity contribution in [1.29, 1.82) is 5.26 Å². The lowest BCUT2D eigenvalue weighted by Crippen LogP contribution is -1.93. The molecule has 0 atom stereocenters. The molecular weight excluding hydrogens is 150 g/mol.